The van der Waals surface area contributed by atoms with Crippen LogP contribution in [-0.2, 0) is 6.42 Å². The highest BCUT2D eigenvalue weighted by molar-refractivity contribution is 5.41. The number of hydrogen-bond donors (Lipinski definition) is 1. The molecule has 0 heterocycles. The standard InChI is InChI=1S/C10H13N/c1-7-3-4-8-6-10(11-2)9(8)5-7/h3-5,10-11H,6H2,1-2H3. The first kappa shape index (κ1) is 6.86. The topological polar surface area (TPSA) is 12.0 Å². The molecule has 2 rings (SSSR count). The van der Waals surface area contributed by atoms with E-state index in [-0.39, 0.29) is 0 Å². The van der Waals surface area contributed by atoms with E-state index in [2.05, 4.69) is 30.4 Å². The van der Waals surface area contributed by atoms with Gasteiger partial charge >= 0.3 is 0 Å². The van der Waals surface area contributed by atoms with Gasteiger partial charge in [0.25, 0.3) is 0 Å². The summed E-state index contributed by atoms with van der Waals surface area (Å²) >= 11 is 0. The monoisotopic (exact) mass is 147 g/mol. The van der Waals surface area contributed by atoms with Crippen molar-refractivity contribution in [3.63, 3.8) is 0 Å². The Morgan fingerprint density at radius 1 is 1.45 bits per heavy atom. The zero-order valence-corrected chi connectivity index (χ0v) is 7.02. The summed E-state index contributed by atoms with van der Waals surface area (Å²) in [7, 11) is 2.02. The fourth-order valence-electron chi connectivity index (χ4n) is 1.68. The van der Waals surface area contributed by atoms with Crippen molar-refractivity contribution in [2.45, 2.75) is 19.4 Å². The second-order valence-electron chi connectivity index (χ2n) is 3.25. The van der Waals surface area contributed by atoms with Crippen LogP contribution in [0.4, 0.5) is 0 Å². The fourth-order valence-corrected chi connectivity index (χ4v) is 1.68. The van der Waals surface area contributed by atoms with E-state index in [0.29, 0.717) is 6.04 Å². The van der Waals surface area contributed by atoms with Gasteiger partial charge in [0.05, 0.1) is 0 Å². The first-order valence-corrected chi connectivity index (χ1v) is 4.08. The highest BCUT2D eigenvalue weighted by atomic mass is 14.9. The normalized spacial score (nSPS) is 20.7. The van der Waals surface area contributed by atoms with E-state index in [0.717, 1.165) is 0 Å². The number of likely N-dealkylation sites (N-methyl/N-ethyl adjacent to an activating group) is 1. The number of nitrogens with one attached hydrogen (secondary N) is 1. The molecule has 0 amide bonds. The molecule has 1 aromatic carbocycles. The second-order valence-corrected chi connectivity index (χ2v) is 3.25. The van der Waals surface area contributed by atoms with Gasteiger partial charge in [-0.25, -0.2) is 0 Å². The maximum atomic E-state index is 3.28. The van der Waals surface area contributed by atoms with E-state index < -0.39 is 0 Å². The Kier molecular flexibility index (Phi) is 1.46. The maximum absolute atomic E-state index is 3.28. The molecule has 11 heavy (non-hydrogen) atoms. The molecule has 1 nitrogen and oxygen atoms in total. The lowest BCUT2D eigenvalue weighted by Gasteiger charge is -2.30. The molecule has 0 bridgehead atoms. The quantitative estimate of drug-likeness (QED) is 0.638. The average molecular weight is 147 g/mol. The number of hydrogen-bond acceptors (Lipinski definition) is 1. The van der Waals surface area contributed by atoms with Crippen molar-refractivity contribution < 1.29 is 0 Å². The molecule has 1 atom stereocenters. The molecule has 1 N–H and O–H groups in total. The Balaban J connectivity index is 2.37. The van der Waals surface area contributed by atoms with Crippen LogP contribution in [-0.4, -0.2) is 7.05 Å². The largest absolute Gasteiger partial charge is 0.313 e. The molecule has 0 fully saturated rings. The minimum atomic E-state index is 0.616. The predicted molar refractivity (Wildman–Crippen MR) is 46.7 cm³/mol. The van der Waals surface area contributed by atoms with Gasteiger partial charge in [0.15, 0.2) is 0 Å². The minimum absolute atomic E-state index is 0.616. The summed E-state index contributed by atoms with van der Waals surface area (Å²) in [6, 6.07) is 7.31. The fraction of sp³-hybridized carbons (Fsp3) is 0.400. The van der Waals surface area contributed by atoms with E-state index in [1.54, 1.807) is 0 Å². The molecule has 0 aliphatic heterocycles. The van der Waals surface area contributed by atoms with Gasteiger partial charge in [0, 0.05) is 6.04 Å². The van der Waals surface area contributed by atoms with Crippen LogP contribution in [0.3, 0.4) is 0 Å². The Morgan fingerprint density at radius 3 is 3.00 bits per heavy atom. The van der Waals surface area contributed by atoms with Crippen molar-refractivity contribution in [3.8, 4) is 0 Å². The third kappa shape index (κ3) is 0.962. The van der Waals surface area contributed by atoms with E-state index in [4.69, 9.17) is 0 Å². The lowest BCUT2D eigenvalue weighted by atomic mass is 9.82. The zero-order chi connectivity index (χ0) is 7.84. The van der Waals surface area contributed by atoms with E-state index in [1.807, 2.05) is 7.05 Å². The Labute approximate surface area is 67.4 Å². The van der Waals surface area contributed by atoms with Crippen LogP contribution in [0.15, 0.2) is 18.2 Å². The van der Waals surface area contributed by atoms with Gasteiger partial charge in [-0.3, -0.25) is 0 Å². The highest BCUT2D eigenvalue weighted by Gasteiger charge is 2.23. The first-order chi connectivity index (χ1) is 5.31. The van der Waals surface area contributed by atoms with E-state index in [1.165, 1.54) is 23.1 Å². The maximum Gasteiger partial charge on any atom is 0.0361 e. The lowest BCUT2D eigenvalue weighted by Crippen LogP contribution is -2.28. The summed E-state index contributed by atoms with van der Waals surface area (Å²) in [5.41, 5.74) is 4.37. The summed E-state index contributed by atoms with van der Waals surface area (Å²) < 4.78 is 0. The van der Waals surface area contributed by atoms with Crippen LogP contribution in [0.1, 0.15) is 22.7 Å². The molecule has 0 saturated carbocycles. The molecule has 1 aromatic rings. The van der Waals surface area contributed by atoms with Crippen molar-refractivity contribution in [2.24, 2.45) is 0 Å². The van der Waals surface area contributed by atoms with Crippen molar-refractivity contribution in [1.29, 1.82) is 0 Å². The molecular formula is C10H13N. The van der Waals surface area contributed by atoms with E-state index in [9.17, 15) is 0 Å². The smallest absolute Gasteiger partial charge is 0.0361 e. The average Bonchev–Trinajstić information content (AvgIpc) is 1.97. The first-order valence-electron chi connectivity index (χ1n) is 4.08. The van der Waals surface area contributed by atoms with Crippen molar-refractivity contribution >= 4 is 0 Å². The number of aryl methyl sites for hydroxylation is 1. The van der Waals surface area contributed by atoms with Crippen molar-refractivity contribution in [3.05, 3.63) is 34.9 Å². The zero-order valence-electron chi connectivity index (χ0n) is 7.02. The highest BCUT2D eigenvalue weighted by Crippen LogP contribution is 2.32. The summed E-state index contributed by atoms with van der Waals surface area (Å²) in [6.45, 7) is 2.14. The van der Waals surface area contributed by atoms with Gasteiger partial charge in [-0.05, 0) is 31.5 Å². The summed E-state index contributed by atoms with van der Waals surface area (Å²) in [5.74, 6) is 0. The summed E-state index contributed by atoms with van der Waals surface area (Å²) in [4.78, 5) is 0. The van der Waals surface area contributed by atoms with Crippen LogP contribution in [0.25, 0.3) is 0 Å². The van der Waals surface area contributed by atoms with Crippen molar-refractivity contribution in [2.75, 3.05) is 7.05 Å². The van der Waals surface area contributed by atoms with Gasteiger partial charge in [-0.15, -0.1) is 0 Å². The lowest BCUT2D eigenvalue weighted by molar-refractivity contribution is 0.530. The van der Waals surface area contributed by atoms with Crippen molar-refractivity contribution in [1.82, 2.24) is 5.32 Å². The summed E-state index contributed by atoms with van der Waals surface area (Å²) in [6.07, 6.45) is 1.20. The predicted octanol–water partition coefficient (Wildman–Crippen LogP) is 1.81. The van der Waals surface area contributed by atoms with Crippen LogP contribution < -0.4 is 5.32 Å². The third-order valence-corrected chi connectivity index (χ3v) is 2.45. The summed E-state index contributed by atoms with van der Waals surface area (Å²) in [5, 5.41) is 3.28. The minimum Gasteiger partial charge on any atom is -0.313 e. The van der Waals surface area contributed by atoms with Crippen LogP contribution in [0.2, 0.25) is 0 Å². The molecule has 0 spiro atoms. The van der Waals surface area contributed by atoms with Crippen LogP contribution in [0, 0.1) is 6.92 Å². The number of benzene rings is 1. The van der Waals surface area contributed by atoms with Gasteiger partial charge < -0.3 is 5.32 Å². The second kappa shape index (κ2) is 2.35. The molecule has 0 radical (unpaired) electrons. The molecule has 1 aliphatic carbocycles. The van der Waals surface area contributed by atoms with Gasteiger partial charge in [-0.2, -0.15) is 0 Å². The third-order valence-electron chi connectivity index (χ3n) is 2.45. The molecule has 58 valence electrons. The SMILES string of the molecule is CNC1Cc2ccc(C)cc21. The Hall–Kier alpha value is -0.820. The molecular weight excluding hydrogens is 134 g/mol. The Bertz CT molecular complexity index is 278. The number of fused-ring (bicyclic) bond motifs is 1. The Morgan fingerprint density at radius 2 is 2.27 bits per heavy atom. The van der Waals surface area contributed by atoms with Gasteiger partial charge in [-0.1, -0.05) is 23.8 Å². The molecule has 0 saturated heterocycles. The van der Waals surface area contributed by atoms with E-state index >= 15 is 0 Å². The van der Waals surface area contributed by atoms with Gasteiger partial charge in [0.1, 0.15) is 0 Å². The van der Waals surface area contributed by atoms with Crippen LogP contribution in [0.5, 0.6) is 0 Å². The number of rotatable bonds is 1. The van der Waals surface area contributed by atoms with Crippen LogP contribution >= 0.6 is 0 Å². The molecule has 1 aliphatic rings. The molecule has 1 unspecified atom stereocenters. The molecule has 1 heteroatoms. The van der Waals surface area contributed by atoms with Gasteiger partial charge in [0.2, 0.25) is 0 Å². The molecule has 0 aromatic heterocycles.